The summed E-state index contributed by atoms with van der Waals surface area (Å²) in [5, 5.41) is 41.4. The quantitative estimate of drug-likeness (QED) is 0.231. The van der Waals surface area contributed by atoms with Gasteiger partial charge in [0.25, 0.3) is 0 Å². The number of hydrogen-bond acceptors (Lipinski definition) is 5. The number of fused-ring (bicyclic) bond motifs is 2. The molecule has 0 heterocycles. The number of hydrogen-bond donors (Lipinski definition) is 0. The number of anilines is 3. The third-order valence-electron chi connectivity index (χ3n) is 7.07. The normalized spacial score (nSPS) is 10.3. The number of rotatable bonds is 4. The highest BCUT2D eigenvalue weighted by Gasteiger charge is 2.15. The minimum absolute atomic E-state index is 0.441. The fraction of sp³-hybridized carbons (Fsp3) is 0. The second-order valence-corrected chi connectivity index (χ2v) is 9.62. The molecule has 5 nitrogen and oxygen atoms in total. The molecule has 6 aromatic carbocycles. The molecule has 0 amide bonds. The van der Waals surface area contributed by atoms with Gasteiger partial charge in [-0.05, 0) is 112 Å². The van der Waals surface area contributed by atoms with Crippen molar-refractivity contribution in [3.8, 4) is 35.4 Å². The number of nitriles is 4. The van der Waals surface area contributed by atoms with Crippen LogP contribution in [0, 0.1) is 45.3 Å². The van der Waals surface area contributed by atoms with Crippen LogP contribution in [0.5, 0.6) is 0 Å². The van der Waals surface area contributed by atoms with Crippen LogP contribution in [0.1, 0.15) is 22.3 Å². The first-order valence-electron chi connectivity index (χ1n) is 12.8. The molecule has 41 heavy (non-hydrogen) atoms. The summed E-state index contributed by atoms with van der Waals surface area (Å²) >= 11 is 0. The smallest absolute Gasteiger partial charge is 0.0992 e. The molecule has 0 spiro atoms. The summed E-state index contributed by atoms with van der Waals surface area (Å²) in [4.78, 5) is 2.16. The Bertz CT molecular complexity index is 2020. The molecule has 0 aliphatic rings. The zero-order valence-electron chi connectivity index (χ0n) is 21.7. The Morgan fingerprint density at radius 2 is 0.756 bits per heavy atom. The van der Waals surface area contributed by atoms with Crippen molar-refractivity contribution in [3.63, 3.8) is 0 Å². The third kappa shape index (κ3) is 4.80. The molecule has 5 heteroatoms. The molecule has 0 bridgehead atoms. The maximum absolute atomic E-state index is 9.41. The van der Waals surface area contributed by atoms with Gasteiger partial charge in [0.2, 0.25) is 0 Å². The van der Waals surface area contributed by atoms with Gasteiger partial charge in [0.1, 0.15) is 0 Å². The Kier molecular flexibility index (Phi) is 6.32. The van der Waals surface area contributed by atoms with Crippen LogP contribution < -0.4 is 4.90 Å². The van der Waals surface area contributed by atoms with E-state index in [1.807, 2.05) is 84.9 Å². The lowest BCUT2D eigenvalue weighted by Crippen LogP contribution is -2.10. The van der Waals surface area contributed by atoms with Gasteiger partial charge in [-0.1, -0.05) is 36.4 Å². The van der Waals surface area contributed by atoms with E-state index in [1.54, 1.807) is 18.2 Å². The molecule has 0 atom stereocenters. The summed E-state index contributed by atoms with van der Waals surface area (Å²) in [6.07, 6.45) is 0. The van der Waals surface area contributed by atoms with Gasteiger partial charge in [-0.3, -0.25) is 0 Å². The van der Waals surface area contributed by atoms with Gasteiger partial charge in [0.15, 0.2) is 0 Å². The Labute approximate surface area is 237 Å². The van der Waals surface area contributed by atoms with Crippen LogP contribution in [-0.4, -0.2) is 0 Å². The highest BCUT2D eigenvalue weighted by molar-refractivity contribution is 5.93. The second-order valence-electron chi connectivity index (χ2n) is 9.62. The standard InChI is InChI=1S/C36H19N5/c37-20-24-1-3-31-18-35(11-7-29(31)14-24)41(36-12-8-30-15-25(21-38)2-4-32(30)19-36)34-9-5-28(6-10-34)33-16-26(22-39)13-27(17-33)23-40/h1-19H. The molecule has 0 aromatic heterocycles. The Morgan fingerprint density at radius 1 is 0.341 bits per heavy atom. The third-order valence-corrected chi connectivity index (χ3v) is 7.07. The van der Waals surface area contributed by atoms with E-state index in [1.165, 1.54) is 0 Å². The van der Waals surface area contributed by atoms with Crippen molar-refractivity contribution < 1.29 is 0 Å². The van der Waals surface area contributed by atoms with Crippen LogP contribution in [0.4, 0.5) is 17.1 Å². The fourth-order valence-electron chi connectivity index (χ4n) is 5.06. The Balaban J connectivity index is 1.49. The molecular formula is C36H19N5. The zero-order chi connectivity index (χ0) is 28.3. The van der Waals surface area contributed by atoms with Crippen LogP contribution >= 0.6 is 0 Å². The molecule has 0 saturated heterocycles. The van der Waals surface area contributed by atoms with Crippen molar-refractivity contribution in [1.29, 1.82) is 21.0 Å². The second kappa shape index (κ2) is 10.4. The molecular weight excluding hydrogens is 502 g/mol. The highest BCUT2D eigenvalue weighted by atomic mass is 15.1. The van der Waals surface area contributed by atoms with E-state index in [-0.39, 0.29) is 0 Å². The lowest BCUT2D eigenvalue weighted by molar-refractivity contribution is 1.29. The first-order valence-corrected chi connectivity index (χ1v) is 12.8. The average molecular weight is 522 g/mol. The molecule has 188 valence electrons. The van der Waals surface area contributed by atoms with E-state index in [0.29, 0.717) is 22.3 Å². The lowest BCUT2D eigenvalue weighted by Gasteiger charge is -2.26. The van der Waals surface area contributed by atoms with E-state index in [2.05, 4.69) is 41.3 Å². The largest absolute Gasteiger partial charge is 0.310 e. The van der Waals surface area contributed by atoms with Gasteiger partial charge >= 0.3 is 0 Å². The van der Waals surface area contributed by atoms with Crippen LogP contribution in [-0.2, 0) is 0 Å². The fourth-order valence-corrected chi connectivity index (χ4v) is 5.06. The van der Waals surface area contributed by atoms with Gasteiger partial charge < -0.3 is 4.90 Å². The zero-order valence-corrected chi connectivity index (χ0v) is 21.7. The highest BCUT2D eigenvalue weighted by Crippen LogP contribution is 2.38. The maximum atomic E-state index is 9.41. The van der Waals surface area contributed by atoms with Crippen molar-refractivity contribution in [2.75, 3.05) is 4.90 Å². The molecule has 0 fully saturated rings. The first-order chi connectivity index (χ1) is 20.1. The van der Waals surface area contributed by atoms with Crippen LogP contribution in [0.3, 0.4) is 0 Å². The van der Waals surface area contributed by atoms with Crippen molar-refractivity contribution in [2.24, 2.45) is 0 Å². The molecule has 6 rings (SSSR count). The molecule has 0 unspecified atom stereocenters. The summed E-state index contributed by atoms with van der Waals surface area (Å²) in [5.74, 6) is 0. The lowest BCUT2D eigenvalue weighted by atomic mass is 9.99. The molecule has 0 radical (unpaired) electrons. The average Bonchev–Trinajstić information content (AvgIpc) is 3.04. The van der Waals surface area contributed by atoms with Crippen molar-refractivity contribution in [2.45, 2.75) is 0 Å². The summed E-state index contributed by atoms with van der Waals surface area (Å²) < 4.78 is 0. The van der Waals surface area contributed by atoms with Crippen molar-refractivity contribution in [3.05, 3.63) is 138 Å². The molecule has 0 saturated carbocycles. The topological polar surface area (TPSA) is 98.4 Å². The van der Waals surface area contributed by atoms with E-state index in [9.17, 15) is 21.0 Å². The van der Waals surface area contributed by atoms with Gasteiger partial charge in [-0.25, -0.2) is 0 Å². The Morgan fingerprint density at radius 3 is 1.22 bits per heavy atom. The molecule has 0 N–H and O–H groups in total. The molecule has 6 aromatic rings. The first kappa shape index (κ1) is 24.9. The van der Waals surface area contributed by atoms with E-state index in [4.69, 9.17) is 0 Å². The minimum atomic E-state index is 0.441. The predicted molar refractivity (Wildman–Crippen MR) is 160 cm³/mol. The van der Waals surface area contributed by atoms with Crippen LogP contribution in [0.15, 0.2) is 115 Å². The number of benzene rings is 6. The molecule has 0 aliphatic carbocycles. The van der Waals surface area contributed by atoms with E-state index < -0.39 is 0 Å². The van der Waals surface area contributed by atoms with Crippen LogP contribution in [0.25, 0.3) is 32.7 Å². The predicted octanol–water partition coefficient (Wildman–Crippen LogP) is 8.62. The monoisotopic (exact) mass is 521 g/mol. The van der Waals surface area contributed by atoms with Crippen molar-refractivity contribution in [1.82, 2.24) is 0 Å². The van der Waals surface area contributed by atoms with Gasteiger partial charge in [-0.15, -0.1) is 0 Å². The number of nitrogens with zero attached hydrogens (tertiary/aromatic N) is 5. The summed E-state index contributed by atoms with van der Waals surface area (Å²) in [5.41, 5.74) is 6.62. The van der Waals surface area contributed by atoms with Crippen molar-refractivity contribution >= 4 is 38.6 Å². The van der Waals surface area contributed by atoms with Crippen LogP contribution in [0.2, 0.25) is 0 Å². The van der Waals surface area contributed by atoms with E-state index >= 15 is 0 Å². The van der Waals surface area contributed by atoms with Gasteiger partial charge in [0, 0.05) is 17.1 Å². The summed E-state index contributed by atoms with van der Waals surface area (Å²) in [6.45, 7) is 0. The molecule has 0 aliphatic heterocycles. The maximum Gasteiger partial charge on any atom is 0.0992 e. The summed E-state index contributed by atoms with van der Waals surface area (Å²) in [7, 11) is 0. The Hall–Kier alpha value is -6.40. The SMILES string of the molecule is N#Cc1cc(C#N)cc(-c2ccc(N(c3ccc4cc(C#N)ccc4c3)c3ccc4cc(C#N)ccc4c3)cc2)c1. The van der Waals surface area contributed by atoms with Gasteiger partial charge in [0.05, 0.1) is 46.5 Å². The summed E-state index contributed by atoms with van der Waals surface area (Å²) in [6, 6.07) is 45.4. The van der Waals surface area contributed by atoms with Gasteiger partial charge in [-0.2, -0.15) is 21.0 Å². The minimum Gasteiger partial charge on any atom is -0.310 e. The van der Waals surface area contributed by atoms with E-state index in [0.717, 1.165) is 49.7 Å².